The summed E-state index contributed by atoms with van der Waals surface area (Å²) in [6.07, 6.45) is 4.76. The molecule has 29 heavy (non-hydrogen) atoms. The predicted octanol–water partition coefficient (Wildman–Crippen LogP) is 2.29. The van der Waals surface area contributed by atoms with Gasteiger partial charge in [-0.15, -0.1) is 0 Å². The van der Waals surface area contributed by atoms with E-state index in [4.69, 9.17) is 11.2 Å². The Kier molecular flexibility index (Phi) is 8.07. The smallest absolute Gasteiger partial charge is 0.408 e. The van der Waals surface area contributed by atoms with Crippen molar-refractivity contribution in [3.8, 4) is 18.2 Å². The third kappa shape index (κ3) is 7.03. The van der Waals surface area contributed by atoms with E-state index in [0.29, 0.717) is 0 Å². The van der Waals surface area contributed by atoms with Crippen LogP contribution in [0.5, 0.6) is 5.75 Å². The van der Waals surface area contributed by atoms with E-state index in [1.807, 2.05) is 0 Å². The fourth-order valence-corrected chi connectivity index (χ4v) is 2.50. The molecule has 0 aliphatic heterocycles. The molecule has 0 aromatic heterocycles. The molecule has 158 valence electrons. The average molecular weight is 403 g/mol. The summed E-state index contributed by atoms with van der Waals surface area (Å²) in [4.78, 5) is 38.6. The maximum atomic E-state index is 12.9. The van der Waals surface area contributed by atoms with E-state index in [2.05, 4.69) is 16.7 Å². The molecular formula is C21H29N3O5. The van der Waals surface area contributed by atoms with Crippen LogP contribution in [0.2, 0.25) is 0 Å². The molecular weight excluding hydrogens is 374 g/mol. The lowest BCUT2D eigenvalue weighted by Crippen LogP contribution is -2.50. The molecule has 1 aromatic rings. The first kappa shape index (κ1) is 23.8. The van der Waals surface area contributed by atoms with Crippen molar-refractivity contribution in [1.82, 2.24) is 15.5 Å². The van der Waals surface area contributed by atoms with Crippen LogP contribution in [-0.4, -0.2) is 45.6 Å². The number of carbonyl (C=O) groups excluding carboxylic acids is 3. The number of nitrogens with one attached hydrogen (secondary N) is 2. The number of ether oxygens (including phenoxy) is 1. The number of benzene rings is 1. The Hall–Kier alpha value is -3.21. The molecule has 2 atom stereocenters. The molecule has 0 spiro atoms. The molecule has 0 aliphatic carbocycles. The van der Waals surface area contributed by atoms with Crippen molar-refractivity contribution >= 4 is 17.9 Å². The van der Waals surface area contributed by atoms with Crippen LogP contribution in [0, 0.1) is 12.5 Å². The molecule has 8 heteroatoms. The summed E-state index contributed by atoms with van der Waals surface area (Å²) in [6, 6.07) is 5.74. The number of para-hydroxylation sites is 1. The molecule has 0 radical (unpaired) electrons. The third-order valence-electron chi connectivity index (χ3n) is 3.65. The minimum atomic E-state index is -1.28. The summed E-state index contributed by atoms with van der Waals surface area (Å²) in [5, 5.41) is 15.3. The van der Waals surface area contributed by atoms with Crippen LogP contribution in [0.1, 0.15) is 53.1 Å². The fraction of sp³-hybridized carbons (Fsp3) is 0.476. The number of hydrogen-bond donors (Lipinski definition) is 3. The Morgan fingerprint density at radius 3 is 2.21 bits per heavy atom. The van der Waals surface area contributed by atoms with E-state index >= 15 is 0 Å². The number of phenolic OH excluding ortho intramolecular Hbond substituents is 1. The van der Waals surface area contributed by atoms with Gasteiger partial charge in [0.15, 0.2) is 6.04 Å². The van der Waals surface area contributed by atoms with Crippen LogP contribution in [-0.2, 0) is 14.3 Å². The molecule has 1 rings (SSSR count). The topological polar surface area (TPSA) is 108 Å². The molecule has 1 aromatic carbocycles. The van der Waals surface area contributed by atoms with Crippen LogP contribution in [0.4, 0.5) is 4.79 Å². The van der Waals surface area contributed by atoms with Crippen molar-refractivity contribution in [2.24, 2.45) is 0 Å². The maximum Gasteiger partial charge on any atom is 0.408 e. The Bertz CT molecular complexity index is 792. The van der Waals surface area contributed by atoms with Crippen molar-refractivity contribution in [1.29, 1.82) is 0 Å². The van der Waals surface area contributed by atoms with E-state index in [-0.39, 0.29) is 17.4 Å². The highest BCUT2D eigenvalue weighted by molar-refractivity contribution is 5.93. The summed E-state index contributed by atoms with van der Waals surface area (Å²) < 4.78 is 5.14. The largest absolute Gasteiger partial charge is 0.508 e. The molecule has 0 heterocycles. The zero-order chi connectivity index (χ0) is 22.4. The maximum absolute atomic E-state index is 12.9. The average Bonchev–Trinajstić information content (AvgIpc) is 2.57. The fourth-order valence-electron chi connectivity index (χ4n) is 2.50. The van der Waals surface area contributed by atoms with Gasteiger partial charge in [0.25, 0.3) is 5.91 Å². The second-order valence-corrected chi connectivity index (χ2v) is 7.83. The van der Waals surface area contributed by atoms with Gasteiger partial charge in [-0.1, -0.05) is 24.6 Å². The quantitative estimate of drug-likeness (QED) is 0.499. The van der Waals surface area contributed by atoms with Crippen molar-refractivity contribution in [3.63, 3.8) is 0 Å². The van der Waals surface area contributed by atoms with Crippen LogP contribution >= 0.6 is 0 Å². The lowest BCUT2D eigenvalue weighted by Gasteiger charge is -2.30. The van der Waals surface area contributed by atoms with Crippen LogP contribution in [0.15, 0.2) is 24.3 Å². The van der Waals surface area contributed by atoms with E-state index in [9.17, 15) is 19.5 Å². The van der Waals surface area contributed by atoms with Crippen molar-refractivity contribution in [2.75, 3.05) is 0 Å². The molecule has 0 aliphatic rings. The zero-order valence-corrected chi connectivity index (χ0v) is 17.6. The molecule has 0 saturated heterocycles. The lowest BCUT2D eigenvalue weighted by atomic mass is 10.0. The van der Waals surface area contributed by atoms with Gasteiger partial charge < -0.3 is 20.5 Å². The van der Waals surface area contributed by atoms with Gasteiger partial charge in [-0.05, 0) is 47.6 Å². The molecule has 0 saturated carbocycles. The Labute approximate surface area is 171 Å². The SMILES string of the molecule is C#CN(C(=O)C(C)NC(=O)OC(C)(C)C)C(C(=O)NC(C)C)c1ccccc1O. The highest BCUT2D eigenvalue weighted by Gasteiger charge is 2.35. The number of terminal acetylenes is 1. The Morgan fingerprint density at radius 2 is 1.72 bits per heavy atom. The molecule has 3 N–H and O–H groups in total. The lowest BCUT2D eigenvalue weighted by molar-refractivity contribution is -0.138. The number of aromatic hydroxyl groups is 1. The first-order valence-corrected chi connectivity index (χ1v) is 9.24. The first-order valence-electron chi connectivity index (χ1n) is 9.24. The molecule has 2 unspecified atom stereocenters. The Balaban J connectivity index is 3.19. The third-order valence-corrected chi connectivity index (χ3v) is 3.65. The summed E-state index contributed by atoms with van der Waals surface area (Å²) in [7, 11) is 0. The van der Waals surface area contributed by atoms with Crippen molar-refractivity contribution in [2.45, 2.75) is 65.3 Å². The molecule has 0 fully saturated rings. The monoisotopic (exact) mass is 403 g/mol. The van der Waals surface area contributed by atoms with Crippen LogP contribution < -0.4 is 10.6 Å². The summed E-state index contributed by atoms with van der Waals surface area (Å²) in [5.74, 6) is -1.44. The van der Waals surface area contributed by atoms with Gasteiger partial charge >= 0.3 is 6.09 Å². The predicted molar refractivity (Wildman–Crippen MR) is 109 cm³/mol. The standard InChI is InChI=1S/C21H29N3O5/c1-8-24(19(27)14(4)23-20(28)29-21(5,6)7)17(18(26)22-13(2)3)15-11-9-10-12-16(15)25/h1,9-14,17,25H,2-7H3,(H,22,26)(H,23,28). The number of alkyl carbamates (subject to hydrolysis) is 1. The number of hydrogen-bond acceptors (Lipinski definition) is 5. The molecule has 8 nitrogen and oxygen atoms in total. The summed E-state index contributed by atoms with van der Waals surface area (Å²) >= 11 is 0. The summed E-state index contributed by atoms with van der Waals surface area (Å²) in [5.41, 5.74) is -0.574. The normalized spacial score (nSPS) is 13.0. The number of amides is 3. The van der Waals surface area contributed by atoms with Gasteiger partial charge in [-0.3, -0.25) is 14.5 Å². The summed E-state index contributed by atoms with van der Waals surface area (Å²) in [6.45, 7) is 10.0. The van der Waals surface area contributed by atoms with Gasteiger partial charge in [0.2, 0.25) is 5.91 Å². The number of phenols is 1. The second-order valence-electron chi connectivity index (χ2n) is 7.83. The van der Waals surface area contributed by atoms with Crippen molar-refractivity contribution < 1.29 is 24.2 Å². The highest BCUT2D eigenvalue weighted by Crippen LogP contribution is 2.29. The van der Waals surface area contributed by atoms with E-state index in [1.54, 1.807) is 46.8 Å². The number of rotatable bonds is 6. The van der Waals surface area contributed by atoms with E-state index < -0.39 is 35.6 Å². The van der Waals surface area contributed by atoms with Gasteiger partial charge in [-0.2, -0.15) is 0 Å². The van der Waals surface area contributed by atoms with Gasteiger partial charge in [-0.25, -0.2) is 4.79 Å². The van der Waals surface area contributed by atoms with Crippen LogP contribution in [0.25, 0.3) is 0 Å². The zero-order valence-electron chi connectivity index (χ0n) is 17.6. The Morgan fingerprint density at radius 1 is 1.14 bits per heavy atom. The number of nitrogens with zero attached hydrogens (tertiary/aromatic N) is 1. The number of carbonyl (C=O) groups is 3. The minimum Gasteiger partial charge on any atom is -0.508 e. The van der Waals surface area contributed by atoms with E-state index in [0.717, 1.165) is 4.90 Å². The van der Waals surface area contributed by atoms with Gasteiger partial charge in [0.1, 0.15) is 17.4 Å². The van der Waals surface area contributed by atoms with Crippen molar-refractivity contribution in [3.05, 3.63) is 29.8 Å². The second kappa shape index (κ2) is 9.82. The molecule has 3 amide bonds. The van der Waals surface area contributed by atoms with Gasteiger partial charge in [0.05, 0.1) is 0 Å². The molecule has 0 bridgehead atoms. The van der Waals surface area contributed by atoms with Gasteiger partial charge in [0, 0.05) is 17.6 Å². The first-order chi connectivity index (χ1) is 13.4. The highest BCUT2D eigenvalue weighted by atomic mass is 16.6. The van der Waals surface area contributed by atoms with Crippen LogP contribution in [0.3, 0.4) is 0 Å². The minimum absolute atomic E-state index is 0.168. The van der Waals surface area contributed by atoms with E-state index in [1.165, 1.54) is 19.1 Å².